The Balaban J connectivity index is 3.12. The monoisotopic (exact) mass is 353 g/mol. The van der Waals surface area contributed by atoms with Crippen LogP contribution < -0.4 is 5.43 Å². The molecule has 2 aromatic rings. The van der Waals surface area contributed by atoms with Gasteiger partial charge in [0.1, 0.15) is 0 Å². The molecular formula is C10H6Cl2INO. The largest absolute Gasteiger partial charge is 0.359 e. The highest BCUT2D eigenvalue weighted by Crippen LogP contribution is 2.29. The van der Waals surface area contributed by atoms with E-state index in [2.05, 4.69) is 4.98 Å². The lowest BCUT2D eigenvalue weighted by Crippen LogP contribution is -2.07. The predicted octanol–water partition coefficient (Wildman–Crippen LogP) is 3.75. The normalized spacial score (nSPS) is 10.9. The molecule has 0 saturated heterocycles. The van der Waals surface area contributed by atoms with Gasteiger partial charge in [-0.2, -0.15) is 0 Å². The molecule has 0 aliphatic rings. The van der Waals surface area contributed by atoms with Crippen LogP contribution in [0.2, 0.25) is 10.0 Å². The zero-order chi connectivity index (χ0) is 11.2. The SMILES string of the molecule is Cc1cc(Cl)c2[nH]cc(I)c(=O)c2c1Cl. The summed E-state index contributed by atoms with van der Waals surface area (Å²) >= 11 is 14.1. The first kappa shape index (κ1) is 11.2. The molecule has 0 aliphatic heterocycles. The number of benzene rings is 1. The van der Waals surface area contributed by atoms with Gasteiger partial charge in [0.25, 0.3) is 0 Å². The highest BCUT2D eigenvalue weighted by molar-refractivity contribution is 14.1. The second kappa shape index (κ2) is 3.96. The Kier molecular flexibility index (Phi) is 2.96. The summed E-state index contributed by atoms with van der Waals surface area (Å²) in [6.07, 6.45) is 1.63. The molecule has 0 amide bonds. The molecular weight excluding hydrogens is 348 g/mol. The molecule has 2 rings (SSSR count). The van der Waals surface area contributed by atoms with Crippen molar-refractivity contribution in [1.82, 2.24) is 4.98 Å². The number of aryl methyl sites for hydroxylation is 1. The Bertz CT molecular complexity index is 606. The summed E-state index contributed by atoms with van der Waals surface area (Å²) in [5.41, 5.74) is 1.32. The van der Waals surface area contributed by atoms with Crippen LogP contribution in [0, 0.1) is 10.5 Å². The van der Waals surface area contributed by atoms with Crippen molar-refractivity contribution in [2.75, 3.05) is 0 Å². The van der Waals surface area contributed by atoms with Crippen LogP contribution in [0.25, 0.3) is 10.9 Å². The van der Waals surface area contributed by atoms with E-state index < -0.39 is 0 Å². The van der Waals surface area contributed by atoms with Gasteiger partial charge in [-0.15, -0.1) is 0 Å². The average molecular weight is 354 g/mol. The van der Waals surface area contributed by atoms with Crippen molar-refractivity contribution in [1.29, 1.82) is 0 Å². The molecule has 0 unspecified atom stereocenters. The third-order valence-electron chi connectivity index (χ3n) is 2.18. The van der Waals surface area contributed by atoms with E-state index in [1.807, 2.05) is 29.5 Å². The minimum atomic E-state index is -0.0834. The first-order chi connectivity index (χ1) is 7.02. The number of aromatic nitrogens is 1. The quantitative estimate of drug-likeness (QED) is 0.719. The van der Waals surface area contributed by atoms with Crippen molar-refractivity contribution < 1.29 is 0 Å². The third kappa shape index (κ3) is 1.77. The van der Waals surface area contributed by atoms with Gasteiger partial charge >= 0.3 is 0 Å². The number of fused-ring (bicyclic) bond motifs is 1. The Labute approximate surface area is 110 Å². The van der Waals surface area contributed by atoms with E-state index in [1.165, 1.54) is 0 Å². The second-order valence-corrected chi connectivity index (χ2v) is 5.15. The lowest BCUT2D eigenvalue weighted by molar-refractivity contribution is 1.35. The smallest absolute Gasteiger partial charge is 0.204 e. The van der Waals surface area contributed by atoms with Crippen molar-refractivity contribution in [3.8, 4) is 0 Å². The van der Waals surface area contributed by atoms with Gasteiger partial charge in [-0.05, 0) is 41.1 Å². The number of aromatic amines is 1. The molecule has 1 N–H and O–H groups in total. The summed E-state index contributed by atoms with van der Waals surface area (Å²) in [5.74, 6) is 0. The molecule has 0 fully saturated rings. The van der Waals surface area contributed by atoms with E-state index in [0.29, 0.717) is 24.5 Å². The summed E-state index contributed by atoms with van der Waals surface area (Å²) in [6, 6.07) is 1.75. The summed E-state index contributed by atoms with van der Waals surface area (Å²) in [7, 11) is 0. The molecule has 5 heteroatoms. The fraction of sp³-hybridized carbons (Fsp3) is 0.100. The Morgan fingerprint density at radius 1 is 1.40 bits per heavy atom. The van der Waals surface area contributed by atoms with E-state index >= 15 is 0 Å². The predicted molar refractivity (Wildman–Crippen MR) is 72.0 cm³/mol. The molecule has 78 valence electrons. The first-order valence-corrected chi connectivity index (χ1v) is 6.01. The number of nitrogens with one attached hydrogen (secondary N) is 1. The van der Waals surface area contributed by atoms with E-state index in [4.69, 9.17) is 23.2 Å². The summed E-state index contributed by atoms with van der Waals surface area (Å²) < 4.78 is 0.601. The Morgan fingerprint density at radius 2 is 2.07 bits per heavy atom. The average Bonchev–Trinajstić information content (AvgIpc) is 2.19. The Hall–Kier alpha value is -0.260. The Morgan fingerprint density at radius 3 is 2.73 bits per heavy atom. The minimum absolute atomic E-state index is 0.0834. The van der Waals surface area contributed by atoms with Crippen LogP contribution in [-0.4, -0.2) is 4.98 Å². The maximum atomic E-state index is 11.9. The van der Waals surface area contributed by atoms with Gasteiger partial charge in [0.05, 0.1) is 24.5 Å². The molecule has 2 nitrogen and oxygen atoms in total. The van der Waals surface area contributed by atoms with Gasteiger partial charge < -0.3 is 4.98 Å². The number of rotatable bonds is 0. The maximum Gasteiger partial charge on any atom is 0.204 e. The van der Waals surface area contributed by atoms with Crippen LogP contribution in [-0.2, 0) is 0 Å². The van der Waals surface area contributed by atoms with Gasteiger partial charge in [0, 0.05) is 6.20 Å². The molecule has 1 aromatic heterocycles. The zero-order valence-electron chi connectivity index (χ0n) is 7.70. The molecule has 15 heavy (non-hydrogen) atoms. The van der Waals surface area contributed by atoms with Gasteiger partial charge in [-0.25, -0.2) is 0 Å². The summed E-state index contributed by atoms with van der Waals surface area (Å²) in [6.45, 7) is 1.83. The molecule has 0 radical (unpaired) electrons. The highest BCUT2D eigenvalue weighted by Gasteiger charge is 2.12. The summed E-state index contributed by atoms with van der Waals surface area (Å²) in [5, 5.41) is 1.45. The number of H-pyrrole nitrogens is 1. The van der Waals surface area contributed by atoms with Crippen molar-refractivity contribution in [2.24, 2.45) is 0 Å². The van der Waals surface area contributed by atoms with Crippen LogP contribution in [0.3, 0.4) is 0 Å². The fourth-order valence-corrected chi connectivity index (χ4v) is 2.40. The number of pyridine rings is 1. The van der Waals surface area contributed by atoms with E-state index in [9.17, 15) is 4.79 Å². The van der Waals surface area contributed by atoms with E-state index in [0.717, 1.165) is 5.56 Å². The van der Waals surface area contributed by atoms with Crippen molar-refractivity contribution in [3.05, 3.63) is 41.7 Å². The van der Waals surface area contributed by atoms with Crippen LogP contribution in [0.4, 0.5) is 0 Å². The topological polar surface area (TPSA) is 32.9 Å². The lowest BCUT2D eigenvalue weighted by atomic mass is 10.1. The van der Waals surface area contributed by atoms with E-state index in [1.54, 1.807) is 12.3 Å². The number of hydrogen-bond donors (Lipinski definition) is 1. The van der Waals surface area contributed by atoms with Gasteiger partial charge in [0.15, 0.2) is 0 Å². The fourth-order valence-electron chi connectivity index (χ4n) is 1.43. The number of halogens is 3. The van der Waals surface area contributed by atoms with Gasteiger partial charge in [-0.1, -0.05) is 23.2 Å². The van der Waals surface area contributed by atoms with Gasteiger partial charge in [0.2, 0.25) is 5.43 Å². The molecule has 0 spiro atoms. The second-order valence-electron chi connectivity index (χ2n) is 3.21. The van der Waals surface area contributed by atoms with Crippen LogP contribution in [0.1, 0.15) is 5.56 Å². The first-order valence-electron chi connectivity index (χ1n) is 4.18. The molecule has 0 saturated carbocycles. The molecule has 1 aromatic carbocycles. The lowest BCUT2D eigenvalue weighted by Gasteiger charge is -2.06. The maximum absolute atomic E-state index is 11.9. The zero-order valence-corrected chi connectivity index (χ0v) is 11.4. The molecule has 0 bridgehead atoms. The van der Waals surface area contributed by atoms with Crippen LogP contribution in [0.15, 0.2) is 17.1 Å². The van der Waals surface area contributed by atoms with Crippen molar-refractivity contribution in [2.45, 2.75) is 6.92 Å². The standard InChI is InChI=1S/C10H6Cl2INO/c1-4-2-5(11)9-7(8(4)12)10(15)6(13)3-14-9/h2-3H,1H3,(H,14,15). The van der Waals surface area contributed by atoms with Crippen molar-refractivity contribution in [3.63, 3.8) is 0 Å². The van der Waals surface area contributed by atoms with Gasteiger partial charge in [-0.3, -0.25) is 4.79 Å². The third-order valence-corrected chi connectivity index (χ3v) is 3.77. The summed E-state index contributed by atoms with van der Waals surface area (Å²) in [4.78, 5) is 14.9. The molecule has 1 heterocycles. The van der Waals surface area contributed by atoms with Crippen LogP contribution >= 0.6 is 45.8 Å². The molecule has 0 aliphatic carbocycles. The number of hydrogen-bond acceptors (Lipinski definition) is 1. The molecule has 0 atom stereocenters. The van der Waals surface area contributed by atoms with Crippen molar-refractivity contribution >= 4 is 56.7 Å². The van der Waals surface area contributed by atoms with E-state index in [-0.39, 0.29) is 5.43 Å². The minimum Gasteiger partial charge on any atom is -0.359 e. The van der Waals surface area contributed by atoms with Crippen LogP contribution in [0.5, 0.6) is 0 Å². The highest BCUT2D eigenvalue weighted by atomic mass is 127.